The smallest absolute Gasteiger partial charge is 0.270 e. The predicted molar refractivity (Wildman–Crippen MR) is 116 cm³/mol. The van der Waals surface area contributed by atoms with E-state index in [1.165, 1.54) is 0 Å². The minimum atomic E-state index is -0.0213. The molecule has 2 fully saturated rings. The largest absolute Gasteiger partial charge is 0.356 e. The number of aromatic amines is 1. The molecule has 0 bridgehead atoms. The highest BCUT2D eigenvalue weighted by atomic mass is 16.5. The number of Topliss-reactive ketones (excluding diaryl/α,β-unsaturated/α-hetero) is 1. The monoisotopic (exact) mass is 434 g/mol. The number of amides is 1. The van der Waals surface area contributed by atoms with Gasteiger partial charge in [0.15, 0.2) is 5.78 Å². The number of ketones is 1. The van der Waals surface area contributed by atoms with Crippen LogP contribution in [0.2, 0.25) is 0 Å². The number of hydrogen-bond acceptors (Lipinski definition) is 7. The molecule has 5 heterocycles. The lowest BCUT2D eigenvalue weighted by molar-refractivity contribution is 0.0787. The summed E-state index contributed by atoms with van der Waals surface area (Å²) >= 11 is 0. The van der Waals surface area contributed by atoms with E-state index < -0.39 is 0 Å². The quantitative estimate of drug-likeness (QED) is 0.594. The fraction of sp³-hybridized carbons (Fsp3) is 0.435. The minimum Gasteiger partial charge on any atom is -0.356 e. The van der Waals surface area contributed by atoms with Crippen molar-refractivity contribution in [3.8, 4) is 11.5 Å². The van der Waals surface area contributed by atoms with Crippen LogP contribution in [0.15, 0.2) is 41.2 Å². The Morgan fingerprint density at radius 3 is 2.69 bits per heavy atom. The fourth-order valence-electron chi connectivity index (χ4n) is 4.40. The first-order valence-corrected chi connectivity index (χ1v) is 11.2. The van der Waals surface area contributed by atoms with Crippen LogP contribution in [0.5, 0.6) is 0 Å². The molecule has 0 aliphatic carbocycles. The van der Waals surface area contributed by atoms with Gasteiger partial charge >= 0.3 is 0 Å². The molecule has 3 aromatic rings. The number of carbonyl (C=O) groups is 2. The molecule has 2 aliphatic rings. The van der Waals surface area contributed by atoms with E-state index in [0.29, 0.717) is 35.2 Å². The van der Waals surface area contributed by atoms with Crippen LogP contribution in [0.3, 0.4) is 0 Å². The Morgan fingerprint density at radius 1 is 1.12 bits per heavy atom. The molecule has 0 radical (unpaired) electrons. The molecule has 0 saturated carbocycles. The van der Waals surface area contributed by atoms with Crippen molar-refractivity contribution in [1.29, 1.82) is 0 Å². The third-order valence-corrected chi connectivity index (χ3v) is 6.27. The Kier molecular flexibility index (Phi) is 5.81. The van der Waals surface area contributed by atoms with E-state index in [-0.39, 0.29) is 17.6 Å². The number of aromatic nitrogens is 4. The first kappa shape index (κ1) is 20.6. The lowest BCUT2D eigenvalue weighted by atomic mass is 9.96. The molecule has 1 N–H and O–H groups in total. The van der Waals surface area contributed by atoms with Gasteiger partial charge in [-0.1, -0.05) is 11.2 Å². The van der Waals surface area contributed by atoms with Crippen molar-refractivity contribution >= 4 is 11.7 Å². The number of piperidine rings is 1. The molecule has 2 saturated heterocycles. The van der Waals surface area contributed by atoms with Crippen LogP contribution < -0.4 is 0 Å². The van der Waals surface area contributed by atoms with Crippen molar-refractivity contribution in [3.63, 3.8) is 0 Å². The summed E-state index contributed by atoms with van der Waals surface area (Å²) in [4.78, 5) is 41.0. The van der Waals surface area contributed by atoms with Crippen LogP contribution in [0, 0.1) is 0 Å². The zero-order valence-corrected chi connectivity index (χ0v) is 17.9. The lowest BCUT2D eigenvalue weighted by Gasteiger charge is -2.29. The van der Waals surface area contributed by atoms with Gasteiger partial charge in [0, 0.05) is 37.0 Å². The van der Waals surface area contributed by atoms with Gasteiger partial charge < -0.3 is 14.4 Å². The van der Waals surface area contributed by atoms with Gasteiger partial charge in [0.1, 0.15) is 11.4 Å². The molecule has 9 heteroatoms. The average Bonchev–Trinajstić information content (AvgIpc) is 3.61. The van der Waals surface area contributed by atoms with Gasteiger partial charge in [-0.2, -0.15) is 4.98 Å². The van der Waals surface area contributed by atoms with Gasteiger partial charge in [0.25, 0.3) is 5.91 Å². The topological polar surface area (TPSA) is 108 Å². The zero-order chi connectivity index (χ0) is 21.9. The van der Waals surface area contributed by atoms with Crippen molar-refractivity contribution in [2.24, 2.45) is 0 Å². The number of hydrogen-bond donors (Lipinski definition) is 1. The summed E-state index contributed by atoms with van der Waals surface area (Å²) in [7, 11) is 0. The van der Waals surface area contributed by atoms with Gasteiger partial charge in [0.05, 0.1) is 6.54 Å². The number of likely N-dealkylation sites (tertiary alicyclic amines) is 2. The lowest BCUT2D eigenvalue weighted by Crippen LogP contribution is -2.36. The molecule has 3 aromatic heterocycles. The van der Waals surface area contributed by atoms with Gasteiger partial charge in [0.2, 0.25) is 11.7 Å². The van der Waals surface area contributed by atoms with Crippen LogP contribution in [-0.4, -0.2) is 74.3 Å². The highest BCUT2D eigenvalue weighted by Crippen LogP contribution is 2.28. The standard InChI is InChI=1S/C23H26N6O3/c30-20(17-13-19(25-14-17)23(31)29-9-3-4-10-29)15-28-11-6-16(7-12-28)22-26-21(27-32-22)18-5-1-2-8-24-18/h1-2,5,8,13-14,16,25H,3-4,6-7,9-12,15H2. The van der Waals surface area contributed by atoms with Crippen LogP contribution in [0.4, 0.5) is 0 Å². The molecule has 32 heavy (non-hydrogen) atoms. The Morgan fingerprint density at radius 2 is 1.94 bits per heavy atom. The molecule has 0 aromatic carbocycles. The van der Waals surface area contributed by atoms with Crippen molar-refractivity contribution in [2.75, 3.05) is 32.7 Å². The summed E-state index contributed by atoms with van der Waals surface area (Å²) in [5.41, 5.74) is 1.75. The van der Waals surface area contributed by atoms with Crippen molar-refractivity contribution in [3.05, 3.63) is 53.8 Å². The average molecular weight is 435 g/mol. The predicted octanol–water partition coefficient (Wildman–Crippen LogP) is 2.76. The van der Waals surface area contributed by atoms with Gasteiger partial charge in [-0.25, -0.2) is 0 Å². The Bertz CT molecular complexity index is 1080. The van der Waals surface area contributed by atoms with Crippen LogP contribution in [-0.2, 0) is 0 Å². The summed E-state index contributed by atoms with van der Waals surface area (Å²) < 4.78 is 5.48. The third-order valence-electron chi connectivity index (χ3n) is 6.27. The number of carbonyl (C=O) groups excluding carboxylic acids is 2. The van der Waals surface area contributed by atoms with E-state index in [1.54, 1.807) is 18.5 Å². The summed E-state index contributed by atoms with van der Waals surface area (Å²) in [6.45, 7) is 3.48. The molecule has 1 amide bonds. The molecule has 2 aliphatic heterocycles. The maximum absolute atomic E-state index is 12.7. The maximum Gasteiger partial charge on any atom is 0.270 e. The molecular weight excluding hydrogens is 408 g/mol. The van der Waals surface area contributed by atoms with E-state index in [0.717, 1.165) is 51.9 Å². The second kappa shape index (κ2) is 9.04. The SMILES string of the molecule is O=C(CN1CCC(c2nc(-c3ccccn3)no2)CC1)c1c[nH]c(C(=O)N2CCCC2)c1. The molecule has 0 atom stereocenters. The highest BCUT2D eigenvalue weighted by molar-refractivity contribution is 6.01. The van der Waals surface area contributed by atoms with E-state index in [4.69, 9.17) is 4.52 Å². The second-order valence-electron chi connectivity index (χ2n) is 8.45. The van der Waals surface area contributed by atoms with Gasteiger partial charge in [-0.15, -0.1) is 0 Å². The van der Waals surface area contributed by atoms with Crippen LogP contribution >= 0.6 is 0 Å². The first-order valence-electron chi connectivity index (χ1n) is 11.2. The van der Waals surface area contributed by atoms with E-state index in [1.807, 2.05) is 23.1 Å². The number of rotatable bonds is 6. The summed E-state index contributed by atoms with van der Waals surface area (Å²) in [5.74, 6) is 1.32. The molecular formula is C23H26N6O3. The summed E-state index contributed by atoms with van der Waals surface area (Å²) in [6, 6.07) is 7.28. The summed E-state index contributed by atoms with van der Waals surface area (Å²) in [5, 5.41) is 4.06. The second-order valence-corrected chi connectivity index (χ2v) is 8.45. The maximum atomic E-state index is 12.7. The van der Waals surface area contributed by atoms with Crippen molar-refractivity contribution < 1.29 is 14.1 Å². The number of nitrogens with zero attached hydrogens (tertiary/aromatic N) is 5. The molecule has 9 nitrogen and oxygen atoms in total. The van der Waals surface area contributed by atoms with E-state index in [2.05, 4.69) is 25.0 Å². The van der Waals surface area contributed by atoms with Crippen LogP contribution in [0.25, 0.3) is 11.5 Å². The molecule has 0 spiro atoms. The number of H-pyrrole nitrogens is 1. The van der Waals surface area contributed by atoms with E-state index >= 15 is 0 Å². The van der Waals surface area contributed by atoms with Gasteiger partial charge in [-0.3, -0.25) is 19.5 Å². The molecule has 5 rings (SSSR count). The van der Waals surface area contributed by atoms with Crippen molar-refractivity contribution in [1.82, 2.24) is 29.9 Å². The normalized spacial score (nSPS) is 17.7. The van der Waals surface area contributed by atoms with Crippen molar-refractivity contribution in [2.45, 2.75) is 31.6 Å². The molecule has 0 unspecified atom stereocenters. The molecule has 166 valence electrons. The minimum absolute atomic E-state index is 0.0213. The highest BCUT2D eigenvalue weighted by Gasteiger charge is 2.27. The van der Waals surface area contributed by atoms with E-state index in [9.17, 15) is 9.59 Å². The first-order chi connectivity index (χ1) is 15.7. The fourth-order valence-corrected chi connectivity index (χ4v) is 4.40. The number of nitrogens with one attached hydrogen (secondary N) is 1. The third kappa shape index (κ3) is 4.34. The zero-order valence-electron chi connectivity index (χ0n) is 17.9. The van der Waals surface area contributed by atoms with Crippen LogP contribution in [0.1, 0.15) is 58.3 Å². The number of pyridine rings is 1. The Balaban J connectivity index is 1.14. The Labute approximate surface area is 185 Å². The summed E-state index contributed by atoms with van der Waals surface area (Å²) in [6.07, 6.45) is 7.14. The Hall–Kier alpha value is -3.33. The van der Waals surface area contributed by atoms with Gasteiger partial charge in [-0.05, 0) is 57.0 Å².